The number of anilines is 1. The van der Waals surface area contributed by atoms with Crippen LogP contribution in [0.4, 0.5) is 18.9 Å². The number of fused-ring (bicyclic) bond motifs is 1. The largest absolute Gasteiger partial charge is 0.495 e. The Hall–Kier alpha value is -3.34. The zero-order chi connectivity index (χ0) is 24.3. The highest BCUT2D eigenvalue weighted by atomic mass is 32.2. The van der Waals surface area contributed by atoms with Gasteiger partial charge in [-0.15, -0.1) is 0 Å². The average Bonchev–Trinajstić information content (AvgIpc) is 3.30. The fraction of sp³-hybridized carbons (Fsp3) is 0.304. The second-order valence-corrected chi connectivity index (χ2v) is 8.60. The van der Waals surface area contributed by atoms with Gasteiger partial charge < -0.3 is 10.1 Å². The summed E-state index contributed by atoms with van der Waals surface area (Å²) in [6.45, 7) is 0.315. The third-order valence-electron chi connectivity index (χ3n) is 5.39. The molecular formula is C23H21F3N4O3S. The van der Waals surface area contributed by atoms with Crippen molar-refractivity contribution in [1.82, 2.24) is 14.5 Å². The standard InChI is InChI=1S/C23H21F3N4O3S/c1-33-19-9-8-14(23(24,25)26)11-17(19)28-20(31)13-34-21-16-6-4-7-18(16)30(22(32)29-21)12-15-5-2-3-10-27-15/h2-3,5,8-11H,4,6-7,12-13H2,1H3,(H,28,31). The summed E-state index contributed by atoms with van der Waals surface area (Å²) < 4.78 is 45.8. The molecule has 0 spiro atoms. The molecule has 0 saturated carbocycles. The predicted molar refractivity (Wildman–Crippen MR) is 121 cm³/mol. The molecule has 0 bridgehead atoms. The maximum absolute atomic E-state index is 13.0. The molecular weight excluding hydrogens is 469 g/mol. The van der Waals surface area contributed by atoms with E-state index in [-0.39, 0.29) is 17.2 Å². The van der Waals surface area contributed by atoms with Gasteiger partial charge in [-0.1, -0.05) is 17.8 Å². The van der Waals surface area contributed by atoms with Gasteiger partial charge in [-0.25, -0.2) is 4.79 Å². The maximum Gasteiger partial charge on any atom is 0.416 e. The Morgan fingerprint density at radius 2 is 2.06 bits per heavy atom. The molecule has 0 unspecified atom stereocenters. The summed E-state index contributed by atoms with van der Waals surface area (Å²) in [5.74, 6) is -0.543. The average molecular weight is 491 g/mol. The van der Waals surface area contributed by atoms with Crippen LogP contribution in [0.3, 0.4) is 0 Å². The molecule has 1 aromatic carbocycles. The number of hydrogen-bond donors (Lipinski definition) is 1. The number of carbonyl (C=O) groups is 1. The summed E-state index contributed by atoms with van der Waals surface area (Å²) in [4.78, 5) is 33.7. The second kappa shape index (κ2) is 9.88. The second-order valence-electron chi connectivity index (χ2n) is 7.64. The van der Waals surface area contributed by atoms with Gasteiger partial charge in [0.15, 0.2) is 0 Å². The topological polar surface area (TPSA) is 86.1 Å². The molecule has 0 aliphatic heterocycles. The number of nitrogens with one attached hydrogen (secondary N) is 1. The number of aromatic nitrogens is 3. The number of ether oxygens (including phenoxy) is 1. The molecule has 34 heavy (non-hydrogen) atoms. The summed E-state index contributed by atoms with van der Waals surface area (Å²) in [6, 6.07) is 8.36. The van der Waals surface area contributed by atoms with E-state index in [1.165, 1.54) is 7.11 Å². The zero-order valence-corrected chi connectivity index (χ0v) is 19.0. The van der Waals surface area contributed by atoms with E-state index in [2.05, 4.69) is 15.3 Å². The fourth-order valence-electron chi connectivity index (χ4n) is 3.82. The van der Waals surface area contributed by atoms with E-state index in [9.17, 15) is 22.8 Å². The van der Waals surface area contributed by atoms with Gasteiger partial charge >= 0.3 is 11.9 Å². The van der Waals surface area contributed by atoms with Gasteiger partial charge in [0.25, 0.3) is 0 Å². The molecule has 0 fully saturated rings. The minimum atomic E-state index is -4.55. The molecule has 1 N–H and O–H groups in total. The molecule has 1 aliphatic rings. The lowest BCUT2D eigenvalue weighted by atomic mass is 10.2. The number of thioether (sulfide) groups is 1. The SMILES string of the molecule is COc1ccc(C(F)(F)F)cc1NC(=O)CSc1nc(=O)n(Cc2ccccn2)c2c1CCC2. The summed E-state index contributed by atoms with van der Waals surface area (Å²) >= 11 is 1.09. The van der Waals surface area contributed by atoms with Crippen molar-refractivity contribution in [3.05, 3.63) is 75.6 Å². The number of benzene rings is 1. The van der Waals surface area contributed by atoms with Crippen LogP contribution in [0.5, 0.6) is 5.75 Å². The fourth-order valence-corrected chi connectivity index (χ4v) is 4.70. The van der Waals surface area contributed by atoms with Crippen LogP contribution in [-0.2, 0) is 30.4 Å². The third kappa shape index (κ3) is 5.24. The number of pyridine rings is 1. The van der Waals surface area contributed by atoms with E-state index in [0.717, 1.165) is 66.2 Å². The molecule has 1 amide bonds. The van der Waals surface area contributed by atoms with E-state index in [0.29, 0.717) is 11.6 Å². The molecule has 0 radical (unpaired) electrons. The van der Waals surface area contributed by atoms with Crippen LogP contribution in [0.15, 0.2) is 52.4 Å². The Bertz CT molecular complexity index is 1260. The van der Waals surface area contributed by atoms with Gasteiger partial charge in [0, 0.05) is 17.5 Å². The van der Waals surface area contributed by atoms with Gasteiger partial charge in [0.2, 0.25) is 5.91 Å². The zero-order valence-electron chi connectivity index (χ0n) is 18.2. The molecule has 1 aliphatic carbocycles. The van der Waals surface area contributed by atoms with E-state index in [1.807, 2.05) is 12.1 Å². The van der Waals surface area contributed by atoms with Crippen molar-refractivity contribution in [2.75, 3.05) is 18.2 Å². The number of methoxy groups -OCH3 is 1. The van der Waals surface area contributed by atoms with Gasteiger partial charge in [0.1, 0.15) is 10.8 Å². The van der Waals surface area contributed by atoms with Crippen molar-refractivity contribution >= 4 is 23.4 Å². The van der Waals surface area contributed by atoms with Gasteiger partial charge in [-0.3, -0.25) is 14.3 Å². The molecule has 178 valence electrons. The third-order valence-corrected chi connectivity index (χ3v) is 6.41. The van der Waals surface area contributed by atoms with Crippen LogP contribution in [0.2, 0.25) is 0 Å². The van der Waals surface area contributed by atoms with E-state index >= 15 is 0 Å². The highest BCUT2D eigenvalue weighted by molar-refractivity contribution is 8.00. The van der Waals surface area contributed by atoms with Gasteiger partial charge in [-0.05, 0) is 49.6 Å². The number of alkyl halides is 3. The number of nitrogens with zero attached hydrogens (tertiary/aromatic N) is 3. The quantitative estimate of drug-likeness (QED) is 0.399. The minimum absolute atomic E-state index is 0.0770. The normalized spacial score (nSPS) is 12.9. The lowest BCUT2D eigenvalue weighted by Gasteiger charge is -2.15. The van der Waals surface area contributed by atoms with Crippen LogP contribution >= 0.6 is 11.8 Å². The van der Waals surface area contributed by atoms with Gasteiger partial charge in [0.05, 0.1) is 36.4 Å². The van der Waals surface area contributed by atoms with Crippen LogP contribution in [0.25, 0.3) is 0 Å². The lowest BCUT2D eigenvalue weighted by molar-refractivity contribution is -0.137. The first-order chi connectivity index (χ1) is 16.3. The number of carbonyl (C=O) groups excluding carboxylic acids is 1. The monoisotopic (exact) mass is 490 g/mol. The van der Waals surface area contributed by atoms with Crippen molar-refractivity contribution in [3.63, 3.8) is 0 Å². The van der Waals surface area contributed by atoms with E-state index in [4.69, 9.17) is 4.74 Å². The summed E-state index contributed by atoms with van der Waals surface area (Å²) in [5, 5.41) is 2.94. The molecule has 2 aromatic heterocycles. The van der Waals surface area contributed by atoms with E-state index in [1.54, 1.807) is 16.8 Å². The molecule has 7 nitrogen and oxygen atoms in total. The summed E-state index contributed by atoms with van der Waals surface area (Å²) in [6.07, 6.45) is -0.568. The van der Waals surface area contributed by atoms with Crippen molar-refractivity contribution in [2.24, 2.45) is 0 Å². The first-order valence-electron chi connectivity index (χ1n) is 10.5. The van der Waals surface area contributed by atoms with Crippen molar-refractivity contribution < 1.29 is 22.7 Å². The highest BCUT2D eigenvalue weighted by Crippen LogP contribution is 2.35. The molecule has 11 heteroatoms. The lowest BCUT2D eigenvalue weighted by Crippen LogP contribution is -2.28. The minimum Gasteiger partial charge on any atom is -0.495 e. The number of amides is 1. The van der Waals surface area contributed by atoms with Crippen molar-refractivity contribution in [3.8, 4) is 5.75 Å². The summed E-state index contributed by atoms with van der Waals surface area (Å²) in [7, 11) is 1.31. The van der Waals surface area contributed by atoms with Gasteiger partial charge in [-0.2, -0.15) is 18.2 Å². The molecule has 0 atom stereocenters. The van der Waals surface area contributed by atoms with Crippen LogP contribution in [0, 0.1) is 0 Å². The molecule has 3 aromatic rings. The Morgan fingerprint density at radius 1 is 1.24 bits per heavy atom. The smallest absolute Gasteiger partial charge is 0.416 e. The first kappa shape index (κ1) is 23.8. The Labute approximate surface area is 197 Å². The maximum atomic E-state index is 13.0. The van der Waals surface area contributed by atoms with E-state index < -0.39 is 23.3 Å². The Morgan fingerprint density at radius 3 is 2.76 bits per heavy atom. The molecule has 2 heterocycles. The number of halogens is 3. The van der Waals surface area contributed by atoms with Crippen LogP contribution < -0.4 is 15.7 Å². The molecule has 4 rings (SSSR count). The number of rotatable bonds is 7. The molecule has 0 saturated heterocycles. The summed E-state index contributed by atoms with van der Waals surface area (Å²) in [5.41, 5.74) is 1.15. The highest BCUT2D eigenvalue weighted by Gasteiger charge is 2.31. The van der Waals surface area contributed by atoms with Crippen molar-refractivity contribution in [1.29, 1.82) is 0 Å². The Balaban J connectivity index is 1.50. The predicted octanol–water partition coefficient (Wildman–Crippen LogP) is 3.93. The van der Waals surface area contributed by atoms with Crippen LogP contribution in [-0.4, -0.2) is 33.3 Å². The number of hydrogen-bond acceptors (Lipinski definition) is 6. The Kier molecular flexibility index (Phi) is 6.92. The van der Waals surface area contributed by atoms with Crippen LogP contribution in [0.1, 0.15) is 28.9 Å². The first-order valence-corrected chi connectivity index (χ1v) is 11.4. The van der Waals surface area contributed by atoms with Crippen molar-refractivity contribution in [2.45, 2.75) is 37.0 Å².